The minimum absolute atomic E-state index is 0.980. The van der Waals surface area contributed by atoms with Gasteiger partial charge in [-0.25, -0.2) is 0 Å². The van der Waals surface area contributed by atoms with E-state index in [9.17, 15) is 0 Å². The predicted molar refractivity (Wildman–Crippen MR) is 57.4 cm³/mol. The molecule has 78 valence electrons. The first kappa shape index (κ1) is 9.71. The summed E-state index contributed by atoms with van der Waals surface area (Å²) in [5.74, 6) is 0.980. The Morgan fingerprint density at radius 2 is 2.50 bits per heavy atom. The first-order valence-corrected chi connectivity index (χ1v) is 5.36. The van der Waals surface area contributed by atoms with Crippen molar-refractivity contribution in [3.8, 4) is 0 Å². The van der Waals surface area contributed by atoms with Crippen LogP contribution in [0.2, 0.25) is 0 Å². The van der Waals surface area contributed by atoms with Gasteiger partial charge in [0.15, 0.2) is 0 Å². The quantitative estimate of drug-likeness (QED) is 0.502. The van der Waals surface area contributed by atoms with Gasteiger partial charge in [-0.05, 0) is 30.8 Å². The Morgan fingerprint density at radius 3 is 3.21 bits per heavy atom. The Kier molecular flexibility index (Phi) is 3.19. The molecule has 0 spiro atoms. The second-order valence-corrected chi connectivity index (χ2v) is 4.16. The summed E-state index contributed by atoms with van der Waals surface area (Å²) in [6, 6.07) is 0. The van der Waals surface area contributed by atoms with E-state index in [1.807, 2.05) is 6.21 Å². The van der Waals surface area contributed by atoms with E-state index in [-0.39, 0.29) is 0 Å². The minimum atomic E-state index is 0.980. The van der Waals surface area contributed by atoms with Gasteiger partial charge in [-0.3, -0.25) is 4.90 Å². The molecule has 2 aliphatic rings. The zero-order valence-corrected chi connectivity index (χ0v) is 8.78. The lowest BCUT2D eigenvalue weighted by Crippen LogP contribution is -2.32. The van der Waals surface area contributed by atoms with Gasteiger partial charge in [-0.15, -0.1) is 0 Å². The monoisotopic (exact) mass is 194 g/mol. The largest absolute Gasteiger partial charge is 0.399 e. The lowest BCUT2D eigenvalue weighted by atomic mass is 10.1. The van der Waals surface area contributed by atoms with Crippen LogP contribution in [0.15, 0.2) is 16.8 Å². The normalized spacial score (nSPS) is 23.9. The summed E-state index contributed by atoms with van der Waals surface area (Å²) >= 11 is 0. The van der Waals surface area contributed by atoms with Crippen LogP contribution >= 0.6 is 0 Å². The van der Waals surface area contributed by atoms with Gasteiger partial charge >= 0.3 is 0 Å². The number of oxime groups is 1. The Labute approximate surface area is 85.4 Å². The molecule has 0 bridgehead atoms. The summed E-state index contributed by atoms with van der Waals surface area (Å²) < 4.78 is 0. The van der Waals surface area contributed by atoms with Gasteiger partial charge < -0.3 is 4.84 Å². The number of nitrogens with zero attached hydrogens (tertiary/aromatic N) is 2. The van der Waals surface area contributed by atoms with Crippen LogP contribution in [-0.4, -0.2) is 37.9 Å². The molecule has 1 fully saturated rings. The van der Waals surface area contributed by atoms with Crippen molar-refractivity contribution in [2.24, 2.45) is 11.1 Å². The average molecular weight is 194 g/mol. The highest BCUT2D eigenvalue weighted by atomic mass is 16.6. The average Bonchev–Trinajstić information content (AvgIpc) is 2.99. The highest BCUT2D eigenvalue weighted by Crippen LogP contribution is 2.30. The van der Waals surface area contributed by atoms with Crippen molar-refractivity contribution >= 4 is 6.21 Å². The van der Waals surface area contributed by atoms with Crippen molar-refractivity contribution in [2.45, 2.75) is 19.3 Å². The molecule has 1 saturated carbocycles. The highest BCUT2D eigenvalue weighted by molar-refractivity contribution is 5.78. The standard InChI is InChI=1S/C11H18N2O/c1-14-12-7-11-3-2-6-13(9-11)8-10-4-5-10/h3,7,10H,2,4-6,8-9H2,1H3/b12-7+. The third-order valence-corrected chi connectivity index (χ3v) is 2.80. The molecule has 0 atom stereocenters. The maximum absolute atomic E-state index is 4.68. The van der Waals surface area contributed by atoms with Crippen LogP contribution in [0.25, 0.3) is 0 Å². The van der Waals surface area contributed by atoms with E-state index < -0.39 is 0 Å². The number of hydrogen-bond acceptors (Lipinski definition) is 3. The summed E-state index contributed by atoms with van der Waals surface area (Å²) in [7, 11) is 1.59. The molecule has 3 nitrogen and oxygen atoms in total. The zero-order valence-electron chi connectivity index (χ0n) is 8.78. The molecule has 0 radical (unpaired) electrons. The first-order valence-electron chi connectivity index (χ1n) is 5.36. The van der Waals surface area contributed by atoms with Crippen LogP contribution in [-0.2, 0) is 4.84 Å². The second-order valence-electron chi connectivity index (χ2n) is 4.16. The highest BCUT2D eigenvalue weighted by Gasteiger charge is 2.25. The molecule has 1 heterocycles. The van der Waals surface area contributed by atoms with Crippen molar-refractivity contribution in [3.63, 3.8) is 0 Å². The molecule has 0 aromatic carbocycles. The smallest absolute Gasteiger partial charge is 0.106 e. The third kappa shape index (κ3) is 2.84. The maximum atomic E-state index is 4.68. The van der Waals surface area contributed by atoms with Crippen LogP contribution < -0.4 is 0 Å². The molecule has 14 heavy (non-hydrogen) atoms. The minimum Gasteiger partial charge on any atom is -0.399 e. The zero-order chi connectivity index (χ0) is 9.80. The molecule has 0 aromatic heterocycles. The van der Waals surface area contributed by atoms with Crippen molar-refractivity contribution in [1.29, 1.82) is 0 Å². The summed E-state index contributed by atoms with van der Waals surface area (Å²) in [6.45, 7) is 3.53. The molecule has 0 saturated heterocycles. The van der Waals surface area contributed by atoms with Gasteiger partial charge in [0.05, 0.1) is 6.21 Å². The molecule has 0 N–H and O–H groups in total. The van der Waals surface area contributed by atoms with Crippen molar-refractivity contribution in [2.75, 3.05) is 26.7 Å². The number of rotatable bonds is 4. The van der Waals surface area contributed by atoms with Crippen LogP contribution in [0.4, 0.5) is 0 Å². The van der Waals surface area contributed by atoms with E-state index in [0.29, 0.717) is 0 Å². The fourth-order valence-electron chi connectivity index (χ4n) is 1.87. The summed E-state index contributed by atoms with van der Waals surface area (Å²) in [5.41, 5.74) is 1.29. The summed E-state index contributed by atoms with van der Waals surface area (Å²) in [6.07, 6.45) is 8.10. The third-order valence-electron chi connectivity index (χ3n) is 2.80. The molecule has 1 aliphatic heterocycles. The van der Waals surface area contributed by atoms with Crippen molar-refractivity contribution in [3.05, 3.63) is 11.6 Å². The maximum Gasteiger partial charge on any atom is 0.106 e. The van der Waals surface area contributed by atoms with Crippen LogP contribution in [0.3, 0.4) is 0 Å². The van der Waals surface area contributed by atoms with Crippen molar-refractivity contribution < 1.29 is 4.84 Å². The van der Waals surface area contributed by atoms with E-state index in [0.717, 1.165) is 18.9 Å². The lowest BCUT2D eigenvalue weighted by Gasteiger charge is -2.25. The fourth-order valence-corrected chi connectivity index (χ4v) is 1.87. The fraction of sp³-hybridized carbons (Fsp3) is 0.727. The molecule has 2 rings (SSSR count). The topological polar surface area (TPSA) is 24.8 Å². The molecule has 1 aliphatic carbocycles. The van der Waals surface area contributed by atoms with Gasteiger partial charge in [0.1, 0.15) is 7.11 Å². The first-order chi connectivity index (χ1) is 6.88. The second kappa shape index (κ2) is 4.60. The molecule has 0 aromatic rings. The van der Waals surface area contributed by atoms with Crippen LogP contribution in [0, 0.1) is 5.92 Å². The van der Waals surface area contributed by atoms with E-state index in [1.165, 1.54) is 31.5 Å². The Hall–Kier alpha value is -0.830. The lowest BCUT2D eigenvalue weighted by molar-refractivity contribution is 0.214. The van der Waals surface area contributed by atoms with Gasteiger partial charge in [-0.2, -0.15) is 0 Å². The molecular formula is C11H18N2O. The van der Waals surface area contributed by atoms with Crippen molar-refractivity contribution in [1.82, 2.24) is 4.90 Å². The number of hydrogen-bond donors (Lipinski definition) is 0. The molecule has 0 amide bonds. The van der Waals surface area contributed by atoms with E-state index >= 15 is 0 Å². The van der Waals surface area contributed by atoms with Crippen LogP contribution in [0.5, 0.6) is 0 Å². The van der Waals surface area contributed by atoms with Gasteiger partial charge in [0.2, 0.25) is 0 Å². The van der Waals surface area contributed by atoms with Gasteiger partial charge in [0, 0.05) is 19.6 Å². The summed E-state index contributed by atoms with van der Waals surface area (Å²) in [4.78, 5) is 7.21. The molecule has 3 heteroatoms. The summed E-state index contributed by atoms with van der Waals surface area (Å²) in [5, 5.41) is 3.80. The SMILES string of the molecule is CO/N=C/C1=CCCN(CC2CC2)C1. The van der Waals surface area contributed by atoms with Gasteiger partial charge in [-0.1, -0.05) is 11.2 Å². The Balaban J connectivity index is 1.81. The van der Waals surface area contributed by atoms with Crippen LogP contribution in [0.1, 0.15) is 19.3 Å². The van der Waals surface area contributed by atoms with E-state index in [1.54, 1.807) is 7.11 Å². The Bertz CT molecular complexity index is 244. The van der Waals surface area contributed by atoms with E-state index in [4.69, 9.17) is 0 Å². The van der Waals surface area contributed by atoms with Gasteiger partial charge in [0.25, 0.3) is 0 Å². The molecular weight excluding hydrogens is 176 g/mol. The predicted octanol–water partition coefficient (Wildman–Crippen LogP) is 1.66. The Morgan fingerprint density at radius 1 is 1.64 bits per heavy atom. The van der Waals surface area contributed by atoms with E-state index in [2.05, 4.69) is 21.0 Å². The molecule has 0 unspecified atom stereocenters.